The Bertz CT molecular complexity index is 359. The number of rotatable bonds is 6. The van der Waals surface area contributed by atoms with Gasteiger partial charge in [0.15, 0.2) is 4.34 Å². The molecular formula is C10H18N4S2. The lowest BCUT2D eigenvalue weighted by Crippen LogP contribution is -2.30. The molecule has 90 valence electrons. The Labute approximate surface area is 105 Å². The predicted octanol–water partition coefficient (Wildman–Crippen LogP) is 2.68. The van der Waals surface area contributed by atoms with Crippen LogP contribution < -0.4 is 5.73 Å². The summed E-state index contributed by atoms with van der Waals surface area (Å²) < 4.78 is 1.03. The molecule has 0 unspecified atom stereocenters. The van der Waals surface area contributed by atoms with E-state index in [9.17, 15) is 0 Å². The normalized spacial score (nSPS) is 11.7. The molecule has 0 bridgehead atoms. The van der Waals surface area contributed by atoms with E-state index in [-0.39, 0.29) is 11.3 Å². The number of aryl methyl sites for hydroxylation is 1. The van der Waals surface area contributed by atoms with Gasteiger partial charge in [-0.05, 0) is 19.8 Å². The highest BCUT2D eigenvalue weighted by atomic mass is 32.2. The number of thioether (sulfide) groups is 1. The van der Waals surface area contributed by atoms with Gasteiger partial charge in [0.2, 0.25) is 0 Å². The minimum Gasteiger partial charge on any atom is -0.387 e. The van der Waals surface area contributed by atoms with Crippen molar-refractivity contribution in [3.8, 4) is 0 Å². The molecule has 16 heavy (non-hydrogen) atoms. The van der Waals surface area contributed by atoms with Gasteiger partial charge >= 0.3 is 0 Å². The summed E-state index contributed by atoms with van der Waals surface area (Å²) in [7, 11) is 0. The van der Waals surface area contributed by atoms with E-state index in [2.05, 4.69) is 10.2 Å². The summed E-state index contributed by atoms with van der Waals surface area (Å²) in [5, 5.41) is 16.5. The highest BCUT2D eigenvalue weighted by molar-refractivity contribution is 8.01. The average Bonchev–Trinajstić information content (AvgIpc) is 2.59. The largest absolute Gasteiger partial charge is 0.387 e. The van der Waals surface area contributed by atoms with Crippen LogP contribution in [0.1, 0.15) is 31.7 Å². The quantitative estimate of drug-likeness (QED) is 0.356. The van der Waals surface area contributed by atoms with Crippen LogP contribution in [0, 0.1) is 17.7 Å². The summed E-state index contributed by atoms with van der Waals surface area (Å²) in [5.41, 5.74) is 5.34. The molecule has 1 rings (SSSR count). The molecule has 0 fully saturated rings. The number of hydrogen-bond donors (Lipinski definition) is 2. The number of nitrogens with zero attached hydrogens (tertiary/aromatic N) is 2. The van der Waals surface area contributed by atoms with Crippen molar-refractivity contribution in [3.63, 3.8) is 0 Å². The maximum atomic E-state index is 7.45. The Balaban J connectivity index is 2.24. The summed E-state index contributed by atoms with van der Waals surface area (Å²) in [6, 6.07) is 0. The van der Waals surface area contributed by atoms with Gasteiger partial charge < -0.3 is 5.73 Å². The molecular weight excluding hydrogens is 240 g/mol. The zero-order valence-electron chi connectivity index (χ0n) is 9.91. The first-order valence-corrected chi connectivity index (χ1v) is 6.99. The molecule has 6 heteroatoms. The van der Waals surface area contributed by atoms with Crippen LogP contribution in [0.15, 0.2) is 4.34 Å². The van der Waals surface area contributed by atoms with Gasteiger partial charge in [0.05, 0.1) is 5.84 Å². The van der Waals surface area contributed by atoms with Gasteiger partial charge in [-0.25, -0.2) is 0 Å². The van der Waals surface area contributed by atoms with Crippen molar-refractivity contribution in [3.05, 3.63) is 5.01 Å². The number of amidine groups is 1. The summed E-state index contributed by atoms with van der Waals surface area (Å²) in [5.74, 6) is 1.27. The van der Waals surface area contributed by atoms with E-state index in [1.807, 2.05) is 20.8 Å². The van der Waals surface area contributed by atoms with Crippen molar-refractivity contribution in [2.24, 2.45) is 11.1 Å². The van der Waals surface area contributed by atoms with Crippen LogP contribution in [-0.2, 0) is 0 Å². The third kappa shape index (κ3) is 4.09. The van der Waals surface area contributed by atoms with E-state index in [0.717, 1.165) is 27.9 Å². The fourth-order valence-corrected chi connectivity index (χ4v) is 2.97. The molecule has 0 aliphatic carbocycles. The van der Waals surface area contributed by atoms with Crippen molar-refractivity contribution in [2.75, 3.05) is 5.75 Å². The summed E-state index contributed by atoms with van der Waals surface area (Å²) in [6.07, 6.45) is 1.98. The van der Waals surface area contributed by atoms with Gasteiger partial charge in [-0.2, -0.15) is 0 Å². The third-order valence-electron chi connectivity index (χ3n) is 2.41. The molecule has 0 atom stereocenters. The van der Waals surface area contributed by atoms with Crippen LogP contribution in [0.25, 0.3) is 0 Å². The van der Waals surface area contributed by atoms with Crippen LogP contribution in [0.3, 0.4) is 0 Å². The lowest BCUT2D eigenvalue weighted by Gasteiger charge is -2.22. The van der Waals surface area contributed by atoms with E-state index in [4.69, 9.17) is 11.1 Å². The van der Waals surface area contributed by atoms with Crippen LogP contribution in [0.4, 0.5) is 0 Å². The number of aromatic nitrogens is 2. The predicted molar refractivity (Wildman–Crippen MR) is 70.3 cm³/mol. The van der Waals surface area contributed by atoms with Crippen molar-refractivity contribution >= 4 is 28.9 Å². The first-order chi connectivity index (χ1) is 7.42. The molecule has 3 N–H and O–H groups in total. The fraction of sp³-hybridized carbons (Fsp3) is 0.700. The van der Waals surface area contributed by atoms with E-state index in [1.165, 1.54) is 0 Å². The number of nitrogens with one attached hydrogen (secondary N) is 1. The Morgan fingerprint density at radius 1 is 1.50 bits per heavy atom. The summed E-state index contributed by atoms with van der Waals surface area (Å²) in [6.45, 7) is 5.98. The van der Waals surface area contributed by atoms with Gasteiger partial charge in [0, 0.05) is 11.2 Å². The Kier molecular flexibility index (Phi) is 4.73. The smallest absolute Gasteiger partial charge is 0.174 e. The molecule has 0 radical (unpaired) electrons. The molecule has 0 aliphatic rings. The van der Waals surface area contributed by atoms with Crippen molar-refractivity contribution in [1.82, 2.24) is 10.2 Å². The molecule has 0 spiro atoms. The molecule has 0 aromatic carbocycles. The number of nitrogens with two attached hydrogens (primary N) is 1. The van der Waals surface area contributed by atoms with Crippen molar-refractivity contribution in [2.45, 2.75) is 38.0 Å². The summed E-state index contributed by atoms with van der Waals surface area (Å²) >= 11 is 3.35. The second-order valence-corrected chi connectivity index (χ2v) is 6.86. The van der Waals surface area contributed by atoms with Gasteiger partial charge in [0.25, 0.3) is 0 Å². The zero-order valence-corrected chi connectivity index (χ0v) is 11.5. The molecule has 1 aromatic rings. The van der Waals surface area contributed by atoms with Crippen molar-refractivity contribution < 1.29 is 0 Å². The van der Waals surface area contributed by atoms with Gasteiger partial charge in [-0.15, -0.1) is 10.2 Å². The molecule has 0 saturated carbocycles. The highest BCUT2D eigenvalue weighted by Gasteiger charge is 2.20. The molecule has 1 heterocycles. The third-order valence-corrected chi connectivity index (χ3v) is 4.47. The molecule has 0 amide bonds. The Morgan fingerprint density at radius 3 is 2.69 bits per heavy atom. The SMILES string of the molecule is Cc1nnc(SCCCC(C)(C)C(=N)N)s1. The van der Waals surface area contributed by atoms with Gasteiger partial charge in [-0.3, -0.25) is 5.41 Å². The second kappa shape index (κ2) is 5.63. The van der Waals surface area contributed by atoms with Crippen LogP contribution in [-0.4, -0.2) is 21.8 Å². The van der Waals surface area contributed by atoms with Gasteiger partial charge in [-0.1, -0.05) is 36.9 Å². The molecule has 0 saturated heterocycles. The topological polar surface area (TPSA) is 75.7 Å². The van der Waals surface area contributed by atoms with Crippen LogP contribution >= 0.6 is 23.1 Å². The van der Waals surface area contributed by atoms with E-state index >= 15 is 0 Å². The lowest BCUT2D eigenvalue weighted by molar-refractivity contribution is 0.464. The lowest BCUT2D eigenvalue weighted by atomic mass is 9.87. The summed E-state index contributed by atoms with van der Waals surface area (Å²) in [4.78, 5) is 0. The monoisotopic (exact) mass is 258 g/mol. The standard InChI is InChI=1S/C10H18N4S2/c1-7-13-14-9(16-7)15-6-4-5-10(2,3)8(11)12/h4-6H2,1-3H3,(H3,11,12). The maximum Gasteiger partial charge on any atom is 0.174 e. The van der Waals surface area contributed by atoms with Crippen molar-refractivity contribution in [1.29, 1.82) is 5.41 Å². The zero-order chi connectivity index (χ0) is 12.2. The van der Waals surface area contributed by atoms with E-state index in [1.54, 1.807) is 23.1 Å². The molecule has 1 aromatic heterocycles. The minimum atomic E-state index is -0.183. The molecule has 4 nitrogen and oxygen atoms in total. The van der Waals surface area contributed by atoms with E-state index < -0.39 is 0 Å². The average molecular weight is 258 g/mol. The Morgan fingerprint density at radius 2 is 2.19 bits per heavy atom. The molecule has 0 aliphatic heterocycles. The van der Waals surface area contributed by atoms with Gasteiger partial charge in [0.1, 0.15) is 5.01 Å². The fourth-order valence-electron chi connectivity index (χ4n) is 1.15. The number of hydrogen-bond acceptors (Lipinski definition) is 5. The first-order valence-electron chi connectivity index (χ1n) is 5.19. The first kappa shape index (κ1) is 13.4. The van der Waals surface area contributed by atoms with Crippen LogP contribution in [0.2, 0.25) is 0 Å². The van der Waals surface area contributed by atoms with E-state index in [0.29, 0.717) is 0 Å². The maximum absolute atomic E-state index is 7.45. The highest BCUT2D eigenvalue weighted by Crippen LogP contribution is 2.26. The second-order valence-electron chi connectivity index (χ2n) is 4.34. The minimum absolute atomic E-state index is 0.183. The Hall–Kier alpha value is -0.620. The van der Waals surface area contributed by atoms with Crippen LogP contribution in [0.5, 0.6) is 0 Å².